The highest BCUT2D eigenvalue weighted by molar-refractivity contribution is 5.95. The van der Waals surface area contributed by atoms with Gasteiger partial charge in [-0.05, 0) is 51.1 Å². The Morgan fingerprint density at radius 2 is 2.05 bits per heavy atom. The van der Waals surface area contributed by atoms with Gasteiger partial charge in [0, 0.05) is 25.2 Å². The molecule has 21 heavy (non-hydrogen) atoms. The van der Waals surface area contributed by atoms with Gasteiger partial charge in [-0.2, -0.15) is 0 Å². The van der Waals surface area contributed by atoms with E-state index in [-0.39, 0.29) is 5.91 Å². The Balaban J connectivity index is 1.99. The molecule has 0 bridgehead atoms. The molecule has 1 fully saturated rings. The second-order valence-corrected chi connectivity index (χ2v) is 5.95. The molecule has 0 radical (unpaired) electrons. The van der Waals surface area contributed by atoms with E-state index in [0.717, 1.165) is 32.5 Å². The molecule has 2 N–H and O–H groups in total. The second-order valence-electron chi connectivity index (χ2n) is 5.95. The van der Waals surface area contributed by atoms with E-state index in [1.807, 2.05) is 4.90 Å². The monoisotopic (exact) mass is 291 g/mol. The van der Waals surface area contributed by atoms with Gasteiger partial charge in [-0.3, -0.25) is 4.79 Å². The van der Waals surface area contributed by atoms with Gasteiger partial charge in [0.2, 0.25) is 0 Å². The van der Waals surface area contributed by atoms with E-state index in [4.69, 9.17) is 10.5 Å². The van der Waals surface area contributed by atoms with Crippen LogP contribution in [0.3, 0.4) is 0 Å². The standard InChI is InChI=1S/C16H25N3O2/c1-18(2)11-12-6-8-19(9-7-12)16(20)13-4-5-14(17)15(10-13)21-3/h4-5,10,12H,6-9,11,17H2,1-3H3. The zero-order valence-electron chi connectivity index (χ0n) is 13.1. The van der Waals surface area contributed by atoms with Gasteiger partial charge in [-0.15, -0.1) is 0 Å². The number of nitrogens with zero attached hydrogens (tertiary/aromatic N) is 2. The number of piperidine rings is 1. The number of methoxy groups -OCH3 is 1. The van der Waals surface area contributed by atoms with E-state index in [1.165, 1.54) is 0 Å². The number of ether oxygens (including phenoxy) is 1. The molecule has 1 aromatic carbocycles. The molecule has 0 atom stereocenters. The van der Waals surface area contributed by atoms with Gasteiger partial charge in [0.25, 0.3) is 5.91 Å². The number of benzene rings is 1. The van der Waals surface area contributed by atoms with Gasteiger partial charge in [-0.25, -0.2) is 0 Å². The molecule has 0 spiro atoms. The first-order chi connectivity index (χ1) is 10.0. The van der Waals surface area contributed by atoms with E-state index in [0.29, 0.717) is 22.9 Å². The molecule has 1 aromatic rings. The van der Waals surface area contributed by atoms with Crippen molar-refractivity contribution in [2.45, 2.75) is 12.8 Å². The van der Waals surface area contributed by atoms with Crippen molar-refractivity contribution >= 4 is 11.6 Å². The number of amides is 1. The van der Waals surface area contributed by atoms with Crippen LogP contribution >= 0.6 is 0 Å². The lowest BCUT2D eigenvalue weighted by atomic mass is 9.96. The fraction of sp³-hybridized carbons (Fsp3) is 0.562. The quantitative estimate of drug-likeness (QED) is 0.858. The molecule has 2 rings (SSSR count). The Kier molecular flexibility index (Phi) is 5.07. The summed E-state index contributed by atoms with van der Waals surface area (Å²) in [6, 6.07) is 5.22. The van der Waals surface area contributed by atoms with E-state index in [9.17, 15) is 4.79 Å². The number of nitrogen functional groups attached to an aromatic ring is 1. The Hall–Kier alpha value is -1.75. The Labute approximate surface area is 126 Å². The summed E-state index contributed by atoms with van der Waals surface area (Å²) in [4.78, 5) is 16.7. The van der Waals surface area contributed by atoms with E-state index in [1.54, 1.807) is 25.3 Å². The fourth-order valence-corrected chi connectivity index (χ4v) is 2.86. The first kappa shape index (κ1) is 15.6. The Morgan fingerprint density at radius 3 is 2.62 bits per heavy atom. The summed E-state index contributed by atoms with van der Waals surface area (Å²) in [7, 11) is 5.75. The molecule has 0 unspecified atom stereocenters. The molecule has 5 nitrogen and oxygen atoms in total. The first-order valence-corrected chi connectivity index (χ1v) is 7.38. The molecule has 1 heterocycles. The van der Waals surface area contributed by atoms with Gasteiger partial charge in [0.15, 0.2) is 0 Å². The summed E-state index contributed by atoms with van der Waals surface area (Å²) >= 11 is 0. The van der Waals surface area contributed by atoms with Crippen LogP contribution < -0.4 is 10.5 Å². The molecule has 1 amide bonds. The zero-order chi connectivity index (χ0) is 15.4. The van der Waals surface area contributed by atoms with Gasteiger partial charge in [-0.1, -0.05) is 0 Å². The number of carbonyl (C=O) groups is 1. The third-order valence-electron chi connectivity index (χ3n) is 4.01. The van der Waals surface area contributed by atoms with Crippen LogP contribution in [0, 0.1) is 5.92 Å². The molecular formula is C16H25N3O2. The number of anilines is 1. The van der Waals surface area contributed by atoms with E-state index < -0.39 is 0 Å². The first-order valence-electron chi connectivity index (χ1n) is 7.38. The van der Waals surface area contributed by atoms with Crippen molar-refractivity contribution in [1.29, 1.82) is 0 Å². The molecule has 1 aliphatic heterocycles. The summed E-state index contributed by atoms with van der Waals surface area (Å²) in [5.41, 5.74) is 6.99. The van der Waals surface area contributed by atoms with Crippen LogP contribution in [0.25, 0.3) is 0 Å². The minimum Gasteiger partial charge on any atom is -0.495 e. The van der Waals surface area contributed by atoms with Crippen LogP contribution in [0.1, 0.15) is 23.2 Å². The molecule has 1 saturated heterocycles. The van der Waals surface area contributed by atoms with Crippen LogP contribution in [-0.2, 0) is 0 Å². The van der Waals surface area contributed by atoms with E-state index in [2.05, 4.69) is 19.0 Å². The van der Waals surface area contributed by atoms with Crippen molar-refractivity contribution in [2.24, 2.45) is 5.92 Å². The van der Waals surface area contributed by atoms with Crippen LogP contribution in [0.2, 0.25) is 0 Å². The van der Waals surface area contributed by atoms with Crippen molar-refractivity contribution in [2.75, 3.05) is 46.6 Å². The van der Waals surface area contributed by atoms with Crippen molar-refractivity contribution in [3.8, 4) is 5.75 Å². The maximum absolute atomic E-state index is 12.5. The normalized spacial score (nSPS) is 16.3. The molecule has 0 aliphatic carbocycles. The predicted molar refractivity (Wildman–Crippen MR) is 84.6 cm³/mol. The van der Waals surface area contributed by atoms with Gasteiger partial charge < -0.3 is 20.3 Å². The van der Waals surface area contributed by atoms with Crippen molar-refractivity contribution < 1.29 is 9.53 Å². The molecule has 1 aliphatic rings. The molecule has 0 saturated carbocycles. The maximum Gasteiger partial charge on any atom is 0.253 e. The number of nitrogens with two attached hydrogens (primary N) is 1. The van der Waals surface area contributed by atoms with Crippen LogP contribution in [0.5, 0.6) is 5.75 Å². The Bertz CT molecular complexity index is 494. The molecule has 5 heteroatoms. The van der Waals surface area contributed by atoms with Gasteiger partial charge in [0.05, 0.1) is 12.8 Å². The third-order valence-corrected chi connectivity index (χ3v) is 4.01. The number of hydrogen-bond acceptors (Lipinski definition) is 4. The van der Waals surface area contributed by atoms with Crippen LogP contribution in [0.4, 0.5) is 5.69 Å². The van der Waals surface area contributed by atoms with E-state index >= 15 is 0 Å². The van der Waals surface area contributed by atoms with Crippen LogP contribution in [-0.4, -0.2) is 56.5 Å². The lowest BCUT2D eigenvalue weighted by Crippen LogP contribution is -2.40. The van der Waals surface area contributed by atoms with Crippen LogP contribution in [0.15, 0.2) is 18.2 Å². The molecule has 0 aromatic heterocycles. The highest BCUT2D eigenvalue weighted by Crippen LogP contribution is 2.25. The second kappa shape index (κ2) is 6.80. The lowest BCUT2D eigenvalue weighted by molar-refractivity contribution is 0.0677. The Morgan fingerprint density at radius 1 is 1.38 bits per heavy atom. The highest BCUT2D eigenvalue weighted by Gasteiger charge is 2.24. The number of rotatable bonds is 4. The van der Waals surface area contributed by atoms with Gasteiger partial charge in [0.1, 0.15) is 5.75 Å². The predicted octanol–water partition coefficient (Wildman–Crippen LogP) is 1.69. The average molecular weight is 291 g/mol. The minimum atomic E-state index is 0.0663. The van der Waals surface area contributed by atoms with Gasteiger partial charge >= 0.3 is 0 Å². The largest absolute Gasteiger partial charge is 0.495 e. The van der Waals surface area contributed by atoms with Crippen molar-refractivity contribution in [3.63, 3.8) is 0 Å². The number of likely N-dealkylation sites (tertiary alicyclic amines) is 1. The highest BCUT2D eigenvalue weighted by atomic mass is 16.5. The van der Waals surface area contributed by atoms with Crippen molar-refractivity contribution in [3.05, 3.63) is 23.8 Å². The average Bonchev–Trinajstić information content (AvgIpc) is 2.47. The summed E-state index contributed by atoms with van der Waals surface area (Å²) in [6.45, 7) is 2.74. The SMILES string of the molecule is COc1cc(C(=O)N2CCC(CN(C)C)CC2)ccc1N. The maximum atomic E-state index is 12.5. The molecular weight excluding hydrogens is 266 g/mol. The van der Waals surface area contributed by atoms with Crippen molar-refractivity contribution in [1.82, 2.24) is 9.80 Å². The number of carbonyl (C=O) groups excluding carboxylic acids is 1. The molecule has 116 valence electrons. The summed E-state index contributed by atoms with van der Waals surface area (Å²) in [5.74, 6) is 1.31. The number of hydrogen-bond donors (Lipinski definition) is 1. The lowest BCUT2D eigenvalue weighted by Gasteiger charge is -2.33. The fourth-order valence-electron chi connectivity index (χ4n) is 2.86. The topological polar surface area (TPSA) is 58.8 Å². The summed E-state index contributed by atoms with van der Waals surface area (Å²) in [5, 5.41) is 0. The third kappa shape index (κ3) is 3.88. The summed E-state index contributed by atoms with van der Waals surface area (Å²) < 4.78 is 5.18. The minimum absolute atomic E-state index is 0.0663. The summed E-state index contributed by atoms with van der Waals surface area (Å²) in [6.07, 6.45) is 2.13. The zero-order valence-corrected chi connectivity index (χ0v) is 13.1. The smallest absolute Gasteiger partial charge is 0.253 e.